The molecule has 0 bridgehead atoms. The minimum absolute atomic E-state index is 0.196. The first kappa shape index (κ1) is 9.51. The van der Waals surface area contributed by atoms with Gasteiger partial charge in [-0.2, -0.15) is 0 Å². The molecule has 2 N–H and O–H groups in total. The highest BCUT2D eigenvalue weighted by Crippen LogP contribution is 2.20. The number of hydrogen-bond donors (Lipinski definition) is 1. The summed E-state index contributed by atoms with van der Waals surface area (Å²) in [5.74, 6) is -0.475. The molecule has 0 saturated carbocycles. The molecule has 1 rings (SSSR count). The van der Waals surface area contributed by atoms with Crippen molar-refractivity contribution >= 4 is 28.5 Å². The third-order valence-electron chi connectivity index (χ3n) is 1.80. The molecule has 0 unspecified atom stereocenters. The number of carbonyl (C=O) groups excluding carboxylic acids is 1. The van der Waals surface area contributed by atoms with E-state index in [-0.39, 0.29) is 11.8 Å². The van der Waals surface area contributed by atoms with E-state index in [1.54, 1.807) is 0 Å². The van der Waals surface area contributed by atoms with Gasteiger partial charge >= 0.3 is 0 Å². The molecule has 0 aromatic heterocycles. The second-order valence-electron chi connectivity index (χ2n) is 2.65. The Morgan fingerprint density at radius 3 is 2.58 bits per heavy atom. The van der Waals surface area contributed by atoms with E-state index in [0.29, 0.717) is 0 Å². The SMILES string of the molecule is C[C@H](C(N)=O)c1ccccc1I. The molecular weight excluding hydrogens is 265 g/mol. The number of halogens is 1. The third-order valence-corrected chi connectivity index (χ3v) is 2.78. The summed E-state index contributed by atoms with van der Waals surface area (Å²) < 4.78 is 1.08. The number of rotatable bonds is 2. The van der Waals surface area contributed by atoms with Crippen LogP contribution in [0.2, 0.25) is 0 Å². The Morgan fingerprint density at radius 1 is 1.50 bits per heavy atom. The van der Waals surface area contributed by atoms with E-state index in [1.165, 1.54) is 0 Å². The van der Waals surface area contributed by atoms with Crippen molar-refractivity contribution in [1.82, 2.24) is 0 Å². The number of hydrogen-bond acceptors (Lipinski definition) is 1. The lowest BCUT2D eigenvalue weighted by atomic mass is 10.0. The number of amides is 1. The van der Waals surface area contributed by atoms with E-state index in [9.17, 15) is 4.79 Å². The van der Waals surface area contributed by atoms with Crippen LogP contribution in [0.5, 0.6) is 0 Å². The molecule has 1 aromatic carbocycles. The van der Waals surface area contributed by atoms with Crippen LogP contribution >= 0.6 is 22.6 Å². The predicted octanol–water partition coefficient (Wildman–Crippen LogP) is 1.88. The average Bonchev–Trinajstić information content (AvgIpc) is 2.04. The van der Waals surface area contributed by atoms with E-state index in [4.69, 9.17) is 5.73 Å². The van der Waals surface area contributed by atoms with Gasteiger partial charge in [0, 0.05) is 3.57 Å². The Hall–Kier alpha value is -0.580. The van der Waals surface area contributed by atoms with Gasteiger partial charge < -0.3 is 5.73 Å². The standard InChI is InChI=1S/C9H10INO/c1-6(9(11)12)7-4-2-3-5-8(7)10/h2-6H,1H3,(H2,11,12)/t6-/m0/s1. The van der Waals surface area contributed by atoms with Crippen LogP contribution in [0, 0.1) is 3.57 Å². The van der Waals surface area contributed by atoms with Crippen molar-refractivity contribution in [1.29, 1.82) is 0 Å². The monoisotopic (exact) mass is 275 g/mol. The highest BCUT2D eigenvalue weighted by molar-refractivity contribution is 14.1. The van der Waals surface area contributed by atoms with E-state index < -0.39 is 0 Å². The normalized spacial score (nSPS) is 12.5. The van der Waals surface area contributed by atoms with Crippen LogP contribution in [0.4, 0.5) is 0 Å². The van der Waals surface area contributed by atoms with E-state index in [0.717, 1.165) is 9.13 Å². The average molecular weight is 275 g/mol. The van der Waals surface area contributed by atoms with Crippen LogP contribution in [0.15, 0.2) is 24.3 Å². The van der Waals surface area contributed by atoms with Gasteiger partial charge in [0.15, 0.2) is 0 Å². The zero-order valence-electron chi connectivity index (χ0n) is 6.75. The maximum atomic E-state index is 10.9. The lowest BCUT2D eigenvalue weighted by molar-refractivity contribution is -0.119. The zero-order chi connectivity index (χ0) is 9.14. The van der Waals surface area contributed by atoms with Crippen molar-refractivity contribution in [2.75, 3.05) is 0 Å². The van der Waals surface area contributed by atoms with Crippen molar-refractivity contribution in [2.45, 2.75) is 12.8 Å². The number of benzene rings is 1. The van der Waals surface area contributed by atoms with Gasteiger partial charge in [-0.05, 0) is 41.1 Å². The first-order valence-corrected chi connectivity index (χ1v) is 4.74. The Morgan fingerprint density at radius 2 is 2.08 bits per heavy atom. The second kappa shape index (κ2) is 3.89. The number of carbonyl (C=O) groups is 1. The van der Waals surface area contributed by atoms with Gasteiger partial charge in [0.1, 0.15) is 0 Å². The smallest absolute Gasteiger partial charge is 0.224 e. The Labute approximate surface area is 85.3 Å². The van der Waals surface area contributed by atoms with Gasteiger partial charge in [-0.3, -0.25) is 4.79 Å². The molecule has 1 aromatic rings. The summed E-state index contributed by atoms with van der Waals surface area (Å²) in [5.41, 5.74) is 6.20. The second-order valence-corrected chi connectivity index (χ2v) is 3.81. The number of primary amides is 1. The van der Waals surface area contributed by atoms with Crippen LogP contribution in [-0.2, 0) is 4.79 Å². The minimum Gasteiger partial charge on any atom is -0.369 e. The molecule has 0 saturated heterocycles. The van der Waals surface area contributed by atoms with E-state index in [2.05, 4.69) is 22.6 Å². The van der Waals surface area contributed by atoms with Crippen molar-refractivity contribution in [2.24, 2.45) is 5.73 Å². The fourth-order valence-corrected chi connectivity index (χ4v) is 1.83. The van der Waals surface area contributed by atoms with Crippen LogP contribution in [0.3, 0.4) is 0 Å². The summed E-state index contributed by atoms with van der Waals surface area (Å²) in [6.45, 7) is 1.82. The van der Waals surface area contributed by atoms with E-state index in [1.807, 2.05) is 31.2 Å². The molecule has 0 aliphatic rings. The fourth-order valence-electron chi connectivity index (χ4n) is 0.980. The molecule has 64 valence electrons. The molecule has 2 nitrogen and oxygen atoms in total. The lowest BCUT2D eigenvalue weighted by Gasteiger charge is -2.08. The summed E-state index contributed by atoms with van der Waals surface area (Å²) in [7, 11) is 0. The summed E-state index contributed by atoms with van der Waals surface area (Å²) in [4.78, 5) is 10.9. The van der Waals surface area contributed by atoms with Crippen LogP contribution in [0.1, 0.15) is 18.4 Å². The molecule has 3 heteroatoms. The molecular formula is C9H10INO. The molecule has 1 atom stereocenters. The number of nitrogens with two attached hydrogens (primary N) is 1. The summed E-state index contributed by atoms with van der Waals surface area (Å²) in [5, 5.41) is 0. The highest BCUT2D eigenvalue weighted by Gasteiger charge is 2.13. The Bertz CT molecular complexity index is 298. The van der Waals surface area contributed by atoms with Crippen molar-refractivity contribution < 1.29 is 4.79 Å². The van der Waals surface area contributed by atoms with Crippen LogP contribution in [-0.4, -0.2) is 5.91 Å². The van der Waals surface area contributed by atoms with Crippen molar-refractivity contribution in [3.63, 3.8) is 0 Å². The molecule has 0 heterocycles. The lowest BCUT2D eigenvalue weighted by Crippen LogP contribution is -2.19. The fraction of sp³-hybridized carbons (Fsp3) is 0.222. The Kier molecular flexibility index (Phi) is 3.08. The largest absolute Gasteiger partial charge is 0.369 e. The summed E-state index contributed by atoms with van der Waals surface area (Å²) >= 11 is 2.20. The van der Waals surface area contributed by atoms with Gasteiger partial charge in [0.2, 0.25) is 5.91 Å². The van der Waals surface area contributed by atoms with Crippen molar-refractivity contribution in [3.8, 4) is 0 Å². The van der Waals surface area contributed by atoms with Crippen molar-refractivity contribution in [3.05, 3.63) is 33.4 Å². The third kappa shape index (κ3) is 1.97. The first-order valence-electron chi connectivity index (χ1n) is 3.66. The quantitative estimate of drug-likeness (QED) is 0.823. The summed E-state index contributed by atoms with van der Waals surface area (Å²) in [6.07, 6.45) is 0. The molecule has 0 radical (unpaired) electrons. The van der Waals surface area contributed by atoms with Gasteiger partial charge in [0.25, 0.3) is 0 Å². The molecule has 0 aliphatic carbocycles. The first-order chi connectivity index (χ1) is 5.63. The minimum atomic E-state index is -0.279. The summed E-state index contributed by atoms with van der Waals surface area (Å²) in [6, 6.07) is 7.75. The zero-order valence-corrected chi connectivity index (χ0v) is 8.91. The topological polar surface area (TPSA) is 43.1 Å². The molecule has 12 heavy (non-hydrogen) atoms. The van der Waals surface area contributed by atoms with Crippen LogP contribution < -0.4 is 5.73 Å². The van der Waals surface area contributed by atoms with Crippen LogP contribution in [0.25, 0.3) is 0 Å². The molecule has 0 spiro atoms. The van der Waals surface area contributed by atoms with Gasteiger partial charge in [0.05, 0.1) is 5.92 Å². The predicted molar refractivity (Wildman–Crippen MR) is 56.8 cm³/mol. The van der Waals surface area contributed by atoms with Gasteiger partial charge in [-0.1, -0.05) is 18.2 Å². The Balaban J connectivity index is 3.02. The van der Waals surface area contributed by atoms with E-state index >= 15 is 0 Å². The maximum absolute atomic E-state index is 10.9. The molecule has 0 fully saturated rings. The maximum Gasteiger partial charge on any atom is 0.224 e. The van der Waals surface area contributed by atoms with Gasteiger partial charge in [-0.15, -0.1) is 0 Å². The molecule has 0 aliphatic heterocycles. The van der Waals surface area contributed by atoms with Gasteiger partial charge in [-0.25, -0.2) is 0 Å². The molecule has 1 amide bonds. The highest BCUT2D eigenvalue weighted by atomic mass is 127.